The molecule has 28 heavy (non-hydrogen) atoms. The second kappa shape index (κ2) is 6.87. The molecule has 1 unspecified atom stereocenters. The number of aromatic carboxylic acids is 1. The number of amides is 2. The molecule has 0 radical (unpaired) electrons. The number of imide groups is 1. The quantitative estimate of drug-likeness (QED) is 0.256. The van der Waals surface area contributed by atoms with Crippen molar-refractivity contribution in [3.63, 3.8) is 0 Å². The lowest BCUT2D eigenvalue weighted by atomic mass is 10.1. The van der Waals surface area contributed by atoms with Gasteiger partial charge in [-0.3, -0.25) is 19.7 Å². The highest BCUT2D eigenvalue weighted by Gasteiger charge is 2.40. The van der Waals surface area contributed by atoms with Crippen molar-refractivity contribution in [1.82, 2.24) is 0 Å². The Labute approximate surface area is 156 Å². The summed E-state index contributed by atoms with van der Waals surface area (Å²) in [5.74, 6) is -3.68. The van der Waals surface area contributed by atoms with E-state index in [4.69, 9.17) is 5.11 Å². The molecule has 4 N–H and O–H groups in total. The number of nitro groups is 1. The number of benzene rings is 2. The summed E-state index contributed by atoms with van der Waals surface area (Å²) < 4.78 is 0. The van der Waals surface area contributed by atoms with Gasteiger partial charge in [-0.1, -0.05) is 0 Å². The van der Waals surface area contributed by atoms with Gasteiger partial charge in [0.25, 0.3) is 11.6 Å². The smallest absolute Gasteiger partial charge is 0.339 e. The van der Waals surface area contributed by atoms with Gasteiger partial charge in [-0.15, -0.1) is 0 Å². The zero-order valence-electron chi connectivity index (χ0n) is 14.0. The van der Waals surface area contributed by atoms with E-state index in [2.05, 4.69) is 5.32 Å². The third kappa shape index (κ3) is 3.28. The van der Waals surface area contributed by atoms with Gasteiger partial charge in [-0.05, 0) is 24.3 Å². The number of rotatable bonds is 5. The summed E-state index contributed by atoms with van der Waals surface area (Å²) in [6.45, 7) is 0. The third-order valence-corrected chi connectivity index (χ3v) is 4.14. The maximum Gasteiger partial charge on any atom is 0.339 e. The van der Waals surface area contributed by atoms with Gasteiger partial charge >= 0.3 is 5.97 Å². The summed E-state index contributed by atoms with van der Waals surface area (Å²) in [6, 6.07) is 5.32. The number of carboxylic acid groups (broad SMARTS) is 1. The molecule has 0 bridgehead atoms. The van der Waals surface area contributed by atoms with Gasteiger partial charge in [0.05, 0.1) is 22.7 Å². The lowest BCUT2D eigenvalue weighted by Gasteiger charge is -2.17. The highest BCUT2D eigenvalue weighted by molar-refractivity contribution is 6.23. The van der Waals surface area contributed by atoms with Gasteiger partial charge in [0, 0.05) is 12.1 Å². The molecule has 11 heteroatoms. The molecule has 1 atom stereocenters. The van der Waals surface area contributed by atoms with Crippen LogP contribution >= 0.6 is 0 Å². The number of non-ortho nitro benzene ring substituents is 1. The summed E-state index contributed by atoms with van der Waals surface area (Å²) in [6.07, 6.45) is -0.315. The predicted molar refractivity (Wildman–Crippen MR) is 94.3 cm³/mol. The first-order chi connectivity index (χ1) is 13.2. The highest BCUT2D eigenvalue weighted by atomic mass is 16.6. The van der Waals surface area contributed by atoms with E-state index in [1.54, 1.807) is 0 Å². The maximum absolute atomic E-state index is 12.6. The highest BCUT2D eigenvalue weighted by Crippen LogP contribution is 2.32. The number of aromatic hydroxyl groups is 2. The summed E-state index contributed by atoms with van der Waals surface area (Å²) in [4.78, 5) is 47.0. The monoisotopic (exact) mass is 387 g/mol. The Morgan fingerprint density at radius 3 is 2.46 bits per heavy atom. The summed E-state index contributed by atoms with van der Waals surface area (Å²) in [7, 11) is 0. The maximum atomic E-state index is 12.6. The third-order valence-electron chi connectivity index (χ3n) is 4.14. The van der Waals surface area contributed by atoms with Crippen LogP contribution in [0.1, 0.15) is 16.8 Å². The molecule has 1 saturated heterocycles. The number of phenolic OH excluding ortho intramolecular Hbond substituents is 1. The van der Waals surface area contributed by atoms with Gasteiger partial charge in [0.1, 0.15) is 23.1 Å². The largest absolute Gasteiger partial charge is 0.507 e. The molecule has 1 aliphatic heterocycles. The summed E-state index contributed by atoms with van der Waals surface area (Å²) >= 11 is 0. The molecular formula is C17H13N3O8. The lowest BCUT2D eigenvalue weighted by molar-refractivity contribution is -0.384. The summed E-state index contributed by atoms with van der Waals surface area (Å²) in [5.41, 5.74) is -0.943. The Hall–Kier alpha value is -4.15. The number of carbonyl (C=O) groups is 3. The van der Waals surface area contributed by atoms with E-state index >= 15 is 0 Å². The topological polar surface area (TPSA) is 170 Å². The number of nitrogens with zero attached hydrogens (tertiary/aromatic N) is 2. The second-order valence-corrected chi connectivity index (χ2v) is 5.93. The van der Waals surface area contributed by atoms with E-state index in [9.17, 15) is 34.7 Å². The van der Waals surface area contributed by atoms with Crippen LogP contribution in [0.15, 0.2) is 36.4 Å². The predicted octanol–water partition coefficient (Wildman–Crippen LogP) is 1.45. The molecule has 2 aromatic rings. The average Bonchev–Trinajstić information content (AvgIpc) is 2.90. The Morgan fingerprint density at radius 1 is 1.14 bits per heavy atom. The van der Waals surface area contributed by atoms with Crippen molar-refractivity contribution in [2.24, 2.45) is 0 Å². The van der Waals surface area contributed by atoms with Crippen LogP contribution < -0.4 is 10.2 Å². The number of phenols is 2. The van der Waals surface area contributed by atoms with Crippen LogP contribution in [0.3, 0.4) is 0 Å². The van der Waals surface area contributed by atoms with Crippen LogP contribution in [0.5, 0.6) is 11.5 Å². The van der Waals surface area contributed by atoms with Crippen molar-refractivity contribution in [3.8, 4) is 11.5 Å². The first-order valence-electron chi connectivity index (χ1n) is 7.86. The Morgan fingerprint density at radius 2 is 1.82 bits per heavy atom. The lowest BCUT2D eigenvalue weighted by Crippen LogP contribution is -2.34. The van der Waals surface area contributed by atoms with E-state index < -0.39 is 40.1 Å². The van der Waals surface area contributed by atoms with Crippen LogP contribution in [-0.2, 0) is 9.59 Å². The number of anilines is 2. The normalized spacial score (nSPS) is 16.3. The second-order valence-electron chi connectivity index (χ2n) is 5.93. The van der Waals surface area contributed by atoms with E-state index in [1.165, 1.54) is 6.07 Å². The Bertz CT molecular complexity index is 1020. The first-order valence-corrected chi connectivity index (χ1v) is 7.86. The zero-order valence-corrected chi connectivity index (χ0v) is 14.0. The fourth-order valence-corrected chi connectivity index (χ4v) is 2.79. The number of hydrogen-bond donors (Lipinski definition) is 4. The molecule has 144 valence electrons. The van der Waals surface area contributed by atoms with E-state index in [1.807, 2.05) is 0 Å². The minimum atomic E-state index is -1.44. The minimum absolute atomic E-state index is 0.0437. The average molecular weight is 387 g/mol. The van der Waals surface area contributed by atoms with Gasteiger partial charge in [-0.2, -0.15) is 0 Å². The van der Waals surface area contributed by atoms with Gasteiger partial charge in [0.15, 0.2) is 0 Å². The molecule has 0 spiro atoms. The molecule has 0 aromatic heterocycles. The van der Waals surface area contributed by atoms with E-state index in [0.717, 1.165) is 35.2 Å². The molecule has 0 aliphatic carbocycles. The molecule has 1 heterocycles. The van der Waals surface area contributed by atoms with Crippen LogP contribution in [-0.4, -0.2) is 44.1 Å². The van der Waals surface area contributed by atoms with Crippen molar-refractivity contribution in [1.29, 1.82) is 0 Å². The van der Waals surface area contributed by atoms with Crippen molar-refractivity contribution >= 4 is 34.8 Å². The molecule has 2 aromatic carbocycles. The molecule has 0 saturated carbocycles. The van der Waals surface area contributed by atoms with Gasteiger partial charge < -0.3 is 20.6 Å². The molecule has 1 aliphatic rings. The van der Waals surface area contributed by atoms with Crippen molar-refractivity contribution < 1.29 is 34.6 Å². The first kappa shape index (κ1) is 18.6. The molecule has 2 amide bonds. The molecule has 3 rings (SSSR count). The number of hydrogen-bond acceptors (Lipinski definition) is 8. The van der Waals surface area contributed by atoms with Crippen molar-refractivity contribution in [2.75, 3.05) is 10.2 Å². The fourth-order valence-electron chi connectivity index (χ4n) is 2.79. The number of nitrogens with one attached hydrogen (secondary N) is 1. The fraction of sp³-hybridized carbons (Fsp3) is 0.118. The molecular weight excluding hydrogens is 374 g/mol. The number of carboxylic acids is 1. The van der Waals surface area contributed by atoms with E-state index in [-0.39, 0.29) is 29.2 Å². The van der Waals surface area contributed by atoms with Gasteiger partial charge in [-0.25, -0.2) is 9.69 Å². The van der Waals surface area contributed by atoms with Crippen LogP contribution in [0.4, 0.5) is 17.1 Å². The van der Waals surface area contributed by atoms with E-state index in [0.29, 0.717) is 0 Å². The SMILES string of the molecule is O=C(O)c1cc(N2C(=O)CC(Nc3cc([N+](=O)[O-])ccc3O)C2=O)ccc1O. The summed E-state index contributed by atoms with van der Waals surface area (Å²) in [5, 5.41) is 42.0. The van der Waals surface area contributed by atoms with Crippen molar-refractivity contribution in [2.45, 2.75) is 12.5 Å². The Kier molecular flexibility index (Phi) is 4.57. The number of nitro benzene ring substituents is 1. The number of carbonyl (C=O) groups excluding carboxylic acids is 2. The molecule has 1 fully saturated rings. The van der Waals surface area contributed by atoms with Crippen LogP contribution in [0.2, 0.25) is 0 Å². The Balaban J connectivity index is 1.89. The molecule has 11 nitrogen and oxygen atoms in total. The van der Waals surface area contributed by atoms with Gasteiger partial charge in [0.2, 0.25) is 5.91 Å². The van der Waals surface area contributed by atoms with Crippen LogP contribution in [0.25, 0.3) is 0 Å². The standard InChI is InChI=1S/C17H13N3O8/c21-13-3-1-8(5-10(13)17(25)26)19-15(23)7-12(16(19)24)18-11-6-9(20(27)28)2-4-14(11)22/h1-6,12,18,21-22H,7H2,(H,25,26). The minimum Gasteiger partial charge on any atom is -0.507 e. The zero-order chi connectivity index (χ0) is 20.6. The van der Waals surface area contributed by atoms with Crippen LogP contribution in [0, 0.1) is 10.1 Å². The van der Waals surface area contributed by atoms with Crippen molar-refractivity contribution in [3.05, 3.63) is 52.1 Å².